The summed E-state index contributed by atoms with van der Waals surface area (Å²) in [4.78, 5) is 19.5. The predicted molar refractivity (Wildman–Crippen MR) is 129 cm³/mol. The lowest BCUT2D eigenvalue weighted by Crippen LogP contribution is -2.40. The van der Waals surface area contributed by atoms with Gasteiger partial charge in [-0.2, -0.15) is 4.98 Å². The molecule has 32 heavy (non-hydrogen) atoms. The Bertz CT molecular complexity index is 1110. The fourth-order valence-corrected chi connectivity index (χ4v) is 4.55. The number of hydrogen-bond acceptors (Lipinski definition) is 5. The minimum absolute atomic E-state index is 0.116. The molecule has 5 rings (SSSR count). The molecule has 0 spiro atoms. The van der Waals surface area contributed by atoms with Crippen LogP contribution in [-0.4, -0.2) is 40.3 Å². The quantitative estimate of drug-likeness (QED) is 0.276. The molecule has 0 N–H and O–H groups in total. The van der Waals surface area contributed by atoms with Crippen molar-refractivity contribution < 1.29 is 14.1 Å². The summed E-state index contributed by atoms with van der Waals surface area (Å²) in [6, 6.07) is 18.5. The second-order valence-corrected chi connectivity index (χ2v) is 9.77. The molecule has 0 bridgehead atoms. The van der Waals surface area contributed by atoms with Crippen molar-refractivity contribution in [2.24, 2.45) is 0 Å². The first-order chi connectivity index (χ1) is 15.6. The van der Waals surface area contributed by atoms with E-state index in [1.54, 1.807) is 6.08 Å². The monoisotopic (exact) mass is 541 g/mol. The zero-order valence-electron chi connectivity index (χ0n) is 17.6. The largest absolute Gasteiger partial charge is 0.445 e. The summed E-state index contributed by atoms with van der Waals surface area (Å²) in [6.45, 7) is 4.37. The Kier molecular flexibility index (Phi) is 5.75. The van der Waals surface area contributed by atoms with Crippen molar-refractivity contribution in [3.8, 4) is 11.4 Å². The van der Waals surface area contributed by atoms with E-state index in [9.17, 15) is 4.79 Å². The van der Waals surface area contributed by atoms with Crippen LogP contribution < -0.4 is 0 Å². The first kappa shape index (κ1) is 21.2. The molecule has 0 saturated heterocycles. The number of ether oxygens (including phenoxy) is 1. The van der Waals surface area contributed by atoms with Crippen molar-refractivity contribution in [3.05, 3.63) is 82.3 Å². The SMILES string of the molecule is C=CCOC(=O)N(CC1(c2nc(-c3ccc(I)cc3)no2)CC1)C1C[C@@H]1c1ccccc1. The summed E-state index contributed by atoms with van der Waals surface area (Å²) in [7, 11) is 0. The fourth-order valence-electron chi connectivity index (χ4n) is 4.19. The van der Waals surface area contributed by atoms with Crippen LogP contribution in [0.3, 0.4) is 0 Å². The molecule has 2 fully saturated rings. The lowest BCUT2D eigenvalue weighted by Gasteiger charge is -2.26. The van der Waals surface area contributed by atoms with Crippen LogP contribution in [0.1, 0.15) is 36.6 Å². The van der Waals surface area contributed by atoms with Crippen molar-refractivity contribution in [1.29, 1.82) is 0 Å². The zero-order valence-corrected chi connectivity index (χ0v) is 19.8. The second kappa shape index (κ2) is 8.69. The van der Waals surface area contributed by atoms with Gasteiger partial charge in [0.05, 0.1) is 5.41 Å². The van der Waals surface area contributed by atoms with E-state index in [1.807, 2.05) is 47.4 Å². The number of benzene rings is 2. The summed E-state index contributed by atoms with van der Waals surface area (Å²) in [5.74, 6) is 1.51. The van der Waals surface area contributed by atoms with Gasteiger partial charge in [-0.1, -0.05) is 60.3 Å². The van der Waals surface area contributed by atoms with Crippen LogP contribution in [0.5, 0.6) is 0 Å². The molecule has 0 aliphatic heterocycles. The lowest BCUT2D eigenvalue weighted by atomic mass is 10.1. The first-order valence-corrected chi connectivity index (χ1v) is 11.9. The lowest BCUT2D eigenvalue weighted by molar-refractivity contribution is 0.102. The maximum atomic E-state index is 12.9. The average Bonchev–Trinajstić information content (AvgIpc) is 3.73. The number of amides is 1. The molecular formula is C25H24IN3O3. The maximum Gasteiger partial charge on any atom is 0.410 e. The highest BCUT2D eigenvalue weighted by Gasteiger charge is 2.55. The second-order valence-electron chi connectivity index (χ2n) is 8.52. The van der Waals surface area contributed by atoms with Gasteiger partial charge in [0, 0.05) is 27.6 Å². The highest BCUT2D eigenvalue weighted by Crippen LogP contribution is 2.52. The van der Waals surface area contributed by atoms with Gasteiger partial charge in [-0.15, -0.1) is 0 Å². The molecule has 2 aliphatic carbocycles. The number of carbonyl (C=O) groups excluding carboxylic acids is 1. The molecule has 2 aliphatic rings. The number of hydrogen-bond donors (Lipinski definition) is 0. The molecule has 164 valence electrons. The predicted octanol–water partition coefficient (Wildman–Crippen LogP) is 5.55. The van der Waals surface area contributed by atoms with Gasteiger partial charge in [0.2, 0.25) is 11.7 Å². The number of carbonyl (C=O) groups is 1. The number of rotatable bonds is 8. The summed E-state index contributed by atoms with van der Waals surface area (Å²) < 4.78 is 12.3. The average molecular weight is 541 g/mol. The van der Waals surface area contributed by atoms with Gasteiger partial charge >= 0.3 is 6.09 Å². The van der Waals surface area contributed by atoms with Crippen molar-refractivity contribution in [1.82, 2.24) is 15.0 Å². The Hall–Kier alpha value is -2.68. The van der Waals surface area contributed by atoms with E-state index in [4.69, 9.17) is 14.2 Å². The minimum Gasteiger partial charge on any atom is -0.445 e. The molecule has 1 amide bonds. The summed E-state index contributed by atoms with van der Waals surface area (Å²) >= 11 is 2.27. The number of aromatic nitrogens is 2. The Labute approximate surface area is 200 Å². The molecule has 1 aromatic heterocycles. The molecule has 1 unspecified atom stereocenters. The van der Waals surface area contributed by atoms with Gasteiger partial charge in [-0.25, -0.2) is 4.79 Å². The van der Waals surface area contributed by atoms with E-state index in [2.05, 4.69) is 46.5 Å². The Morgan fingerprint density at radius 3 is 2.66 bits per heavy atom. The Balaban J connectivity index is 1.36. The highest BCUT2D eigenvalue weighted by atomic mass is 127. The van der Waals surface area contributed by atoms with E-state index >= 15 is 0 Å². The molecular weight excluding hydrogens is 517 g/mol. The molecule has 2 atom stereocenters. The maximum absolute atomic E-state index is 12.9. The van der Waals surface area contributed by atoms with Crippen LogP contribution in [0.15, 0.2) is 71.8 Å². The van der Waals surface area contributed by atoms with Gasteiger partial charge in [-0.05, 0) is 59.5 Å². The molecule has 2 aromatic carbocycles. The number of halogens is 1. The van der Waals surface area contributed by atoms with Crippen molar-refractivity contribution in [2.45, 2.75) is 36.6 Å². The molecule has 2 saturated carbocycles. The van der Waals surface area contributed by atoms with Crippen LogP contribution in [0.25, 0.3) is 11.4 Å². The summed E-state index contributed by atoms with van der Waals surface area (Å²) in [5, 5.41) is 4.21. The van der Waals surface area contributed by atoms with Crippen molar-refractivity contribution in [2.75, 3.05) is 13.2 Å². The van der Waals surface area contributed by atoms with Gasteiger partial charge in [-0.3, -0.25) is 0 Å². The summed E-state index contributed by atoms with van der Waals surface area (Å²) in [6.07, 6.45) is 4.04. The van der Waals surface area contributed by atoms with Crippen molar-refractivity contribution in [3.63, 3.8) is 0 Å². The van der Waals surface area contributed by atoms with Crippen LogP contribution in [0, 0.1) is 3.57 Å². The van der Waals surface area contributed by atoms with E-state index in [1.165, 1.54) is 5.56 Å². The van der Waals surface area contributed by atoms with Gasteiger partial charge in [0.15, 0.2) is 0 Å². The third-order valence-corrected chi connectivity index (χ3v) is 6.97. The molecule has 6 nitrogen and oxygen atoms in total. The molecule has 7 heteroatoms. The zero-order chi connectivity index (χ0) is 22.1. The highest BCUT2D eigenvalue weighted by molar-refractivity contribution is 14.1. The minimum atomic E-state index is -0.308. The van der Waals surface area contributed by atoms with E-state index < -0.39 is 0 Å². The van der Waals surface area contributed by atoms with Crippen LogP contribution in [-0.2, 0) is 10.2 Å². The molecule has 0 radical (unpaired) electrons. The normalized spacial score (nSPS) is 20.4. The number of nitrogens with zero attached hydrogens (tertiary/aromatic N) is 3. The summed E-state index contributed by atoms with van der Waals surface area (Å²) in [5.41, 5.74) is 1.87. The van der Waals surface area contributed by atoms with E-state index in [-0.39, 0.29) is 24.2 Å². The molecule has 1 heterocycles. The molecule has 3 aromatic rings. The topological polar surface area (TPSA) is 68.5 Å². The smallest absolute Gasteiger partial charge is 0.410 e. The van der Waals surface area contributed by atoms with Crippen LogP contribution >= 0.6 is 22.6 Å². The van der Waals surface area contributed by atoms with E-state index in [0.29, 0.717) is 24.2 Å². The van der Waals surface area contributed by atoms with Crippen molar-refractivity contribution >= 4 is 28.7 Å². The van der Waals surface area contributed by atoms with Gasteiger partial charge < -0.3 is 14.2 Å². The van der Waals surface area contributed by atoms with Crippen LogP contribution in [0.2, 0.25) is 0 Å². The Morgan fingerprint density at radius 1 is 1.22 bits per heavy atom. The van der Waals surface area contributed by atoms with Crippen LogP contribution in [0.4, 0.5) is 4.79 Å². The third-order valence-electron chi connectivity index (χ3n) is 6.25. The van der Waals surface area contributed by atoms with E-state index in [0.717, 1.165) is 28.4 Å². The Morgan fingerprint density at radius 2 is 1.97 bits per heavy atom. The fraction of sp³-hybridized carbons (Fsp3) is 0.320. The first-order valence-electron chi connectivity index (χ1n) is 10.8. The van der Waals surface area contributed by atoms with Gasteiger partial charge in [0.1, 0.15) is 6.61 Å². The third kappa shape index (κ3) is 4.30. The van der Waals surface area contributed by atoms with Gasteiger partial charge in [0.25, 0.3) is 0 Å². The standard InChI is InChI=1S/C25H24IN3O3/c1-2-14-31-24(30)29(21-15-20(21)17-6-4-3-5-7-17)16-25(12-13-25)23-27-22(28-32-23)18-8-10-19(26)11-9-18/h2-11,20-21H,1,12-16H2/t20-,21?/m1/s1.